The van der Waals surface area contributed by atoms with E-state index in [0.29, 0.717) is 19.1 Å². The van der Waals surface area contributed by atoms with Gasteiger partial charge in [0, 0.05) is 31.8 Å². The van der Waals surface area contributed by atoms with Crippen LogP contribution in [-0.4, -0.2) is 28.9 Å². The van der Waals surface area contributed by atoms with Crippen LogP contribution in [0.5, 0.6) is 5.75 Å². The first-order chi connectivity index (χ1) is 10.7. The van der Waals surface area contributed by atoms with Crippen molar-refractivity contribution >= 4 is 5.96 Å². The van der Waals surface area contributed by atoms with Gasteiger partial charge in [-0.3, -0.25) is 9.67 Å². The third kappa shape index (κ3) is 3.39. The van der Waals surface area contributed by atoms with E-state index >= 15 is 0 Å². The predicted octanol–water partition coefficient (Wildman–Crippen LogP) is 1.39. The molecule has 2 aromatic rings. The minimum absolute atomic E-state index is 0.159. The van der Waals surface area contributed by atoms with Gasteiger partial charge in [-0.25, -0.2) is 0 Å². The van der Waals surface area contributed by atoms with Crippen molar-refractivity contribution in [1.29, 1.82) is 0 Å². The lowest BCUT2D eigenvalue weighted by atomic mass is 10.0. The molecule has 0 amide bonds. The maximum absolute atomic E-state index is 6.01. The Morgan fingerprint density at radius 3 is 3.18 bits per heavy atom. The molecule has 22 heavy (non-hydrogen) atoms. The number of ether oxygens (including phenoxy) is 1. The lowest BCUT2D eigenvalue weighted by molar-refractivity contribution is 0.262. The first-order valence-electron chi connectivity index (χ1n) is 7.48. The molecule has 1 aromatic carbocycles. The summed E-state index contributed by atoms with van der Waals surface area (Å²) in [5, 5.41) is 7.43. The van der Waals surface area contributed by atoms with Crippen LogP contribution in [0.3, 0.4) is 0 Å². The summed E-state index contributed by atoms with van der Waals surface area (Å²) in [4.78, 5) is 4.40. The van der Waals surface area contributed by atoms with E-state index in [4.69, 9.17) is 10.5 Å². The summed E-state index contributed by atoms with van der Waals surface area (Å²) >= 11 is 0. The summed E-state index contributed by atoms with van der Waals surface area (Å²) in [5.41, 5.74) is 8.31. The van der Waals surface area contributed by atoms with Gasteiger partial charge in [-0.15, -0.1) is 0 Å². The van der Waals surface area contributed by atoms with Crippen LogP contribution < -0.4 is 15.8 Å². The highest BCUT2D eigenvalue weighted by atomic mass is 16.5. The lowest BCUT2D eigenvalue weighted by Gasteiger charge is -2.26. The lowest BCUT2D eigenvalue weighted by Crippen LogP contribution is -2.37. The maximum Gasteiger partial charge on any atom is 0.189 e. The van der Waals surface area contributed by atoms with Crippen molar-refractivity contribution in [2.45, 2.75) is 18.9 Å². The molecule has 2 heterocycles. The highest BCUT2D eigenvalue weighted by Gasteiger charge is 2.21. The summed E-state index contributed by atoms with van der Waals surface area (Å²) < 4.78 is 7.44. The molecular formula is C16H21N5O. The fraction of sp³-hybridized carbons (Fsp3) is 0.375. The first kappa shape index (κ1) is 14.4. The second-order valence-corrected chi connectivity index (χ2v) is 5.41. The number of nitrogens with zero attached hydrogens (tertiary/aromatic N) is 3. The number of aryl methyl sites for hydroxylation is 1. The van der Waals surface area contributed by atoms with Gasteiger partial charge in [0.1, 0.15) is 5.75 Å². The van der Waals surface area contributed by atoms with E-state index in [2.05, 4.69) is 21.5 Å². The fourth-order valence-corrected chi connectivity index (χ4v) is 2.62. The second kappa shape index (κ2) is 6.51. The summed E-state index contributed by atoms with van der Waals surface area (Å²) in [6.45, 7) is 1.34. The number of guanidine groups is 1. The SMILES string of the molecule is Cn1cc(CCN=C(N)NC2CCOc3ccccc32)cn1. The van der Waals surface area contributed by atoms with E-state index in [9.17, 15) is 0 Å². The second-order valence-electron chi connectivity index (χ2n) is 5.41. The third-order valence-corrected chi connectivity index (χ3v) is 3.72. The Morgan fingerprint density at radius 2 is 2.36 bits per heavy atom. The number of para-hydroxylation sites is 1. The summed E-state index contributed by atoms with van der Waals surface area (Å²) in [7, 11) is 1.91. The normalized spacial score (nSPS) is 17.7. The van der Waals surface area contributed by atoms with E-state index in [1.165, 1.54) is 0 Å². The Hall–Kier alpha value is -2.50. The largest absolute Gasteiger partial charge is 0.493 e. The van der Waals surface area contributed by atoms with Crippen molar-refractivity contribution < 1.29 is 4.74 Å². The molecule has 6 heteroatoms. The molecule has 0 radical (unpaired) electrons. The van der Waals surface area contributed by atoms with Crippen LogP contribution in [0.4, 0.5) is 0 Å². The molecule has 0 saturated carbocycles. The van der Waals surface area contributed by atoms with Crippen LogP contribution in [0, 0.1) is 0 Å². The minimum Gasteiger partial charge on any atom is -0.493 e. The summed E-state index contributed by atoms with van der Waals surface area (Å²) in [6.07, 6.45) is 5.57. The number of aliphatic imine (C=N–C) groups is 1. The van der Waals surface area contributed by atoms with Crippen molar-refractivity contribution in [1.82, 2.24) is 15.1 Å². The molecule has 1 aliphatic rings. The summed E-state index contributed by atoms with van der Waals surface area (Å²) in [5.74, 6) is 1.40. The molecule has 0 aliphatic carbocycles. The molecule has 1 aromatic heterocycles. The van der Waals surface area contributed by atoms with Crippen LogP contribution in [0.1, 0.15) is 23.6 Å². The standard InChI is InChI=1S/C16H21N5O/c1-21-11-12(10-19-21)6-8-18-16(17)20-14-7-9-22-15-5-3-2-4-13(14)15/h2-5,10-11,14H,6-9H2,1H3,(H3,17,18,20). The quantitative estimate of drug-likeness (QED) is 0.660. The van der Waals surface area contributed by atoms with Crippen LogP contribution in [0.2, 0.25) is 0 Å². The molecule has 0 saturated heterocycles. The van der Waals surface area contributed by atoms with Crippen molar-refractivity contribution in [2.24, 2.45) is 17.8 Å². The van der Waals surface area contributed by atoms with E-state index < -0.39 is 0 Å². The topological polar surface area (TPSA) is 77.5 Å². The Bertz CT molecular complexity index is 664. The van der Waals surface area contributed by atoms with Gasteiger partial charge in [0.2, 0.25) is 0 Å². The molecular weight excluding hydrogens is 278 g/mol. The van der Waals surface area contributed by atoms with Gasteiger partial charge in [-0.1, -0.05) is 18.2 Å². The average molecular weight is 299 g/mol. The zero-order chi connectivity index (χ0) is 15.4. The van der Waals surface area contributed by atoms with Gasteiger partial charge in [0.25, 0.3) is 0 Å². The van der Waals surface area contributed by atoms with Gasteiger partial charge >= 0.3 is 0 Å². The van der Waals surface area contributed by atoms with Crippen LogP contribution in [0.15, 0.2) is 41.7 Å². The zero-order valence-electron chi connectivity index (χ0n) is 12.7. The van der Waals surface area contributed by atoms with E-state index in [1.807, 2.05) is 37.6 Å². The van der Waals surface area contributed by atoms with E-state index in [-0.39, 0.29) is 6.04 Å². The minimum atomic E-state index is 0.159. The van der Waals surface area contributed by atoms with Crippen LogP contribution in [-0.2, 0) is 13.5 Å². The third-order valence-electron chi connectivity index (χ3n) is 3.72. The van der Waals surface area contributed by atoms with E-state index in [1.54, 1.807) is 4.68 Å². The smallest absolute Gasteiger partial charge is 0.189 e. The molecule has 116 valence electrons. The Labute approximate surface area is 130 Å². The molecule has 0 bridgehead atoms. The number of aromatic nitrogens is 2. The van der Waals surface area contributed by atoms with Gasteiger partial charge < -0.3 is 15.8 Å². The van der Waals surface area contributed by atoms with Crippen LogP contribution in [0.25, 0.3) is 0 Å². The zero-order valence-corrected chi connectivity index (χ0v) is 12.7. The number of hydrogen-bond acceptors (Lipinski definition) is 3. The van der Waals surface area contributed by atoms with Gasteiger partial charge in [-0.2, -0.15) is 5.10 Å². The molecule has 1 atom stereocenters. The van der Waals surface area contributed by atoms with Crippen molar-refractivity contribution in [3.8, 4) is 5.75 Å². The summed E-state index contributed by atoms with van der Waals surface area (Å²) in [6, 6.07) is 8.20. The molecule has 3 rings (SSSR count). The van der Waals surface area contributed by atoms with Crippen molar-refractivity contribution in [3.05, 3.63) is 47.8 Å². The molecule has 6 nitrogen and oxygen atoms in total. The number of hydrogen-bond donors (Lipinski definition) is 2. The van der Waals surface area contributed by atoms with Gasteiger partial charge in [0.05, 0.1) is 18.8 Å². The Morgan fingerprint density at radius 1 is 1.50 bits per heavy atom. The first-order valence-corrected chi connectivity index (χ1v) is 7.48. The Kier molecular flexibility index (Phi) is 4.27. The number of nitrogens with two attached hydrogens (primary N) is 1. The maximum atomic E-state index is 6.01. The number of benzene rings is 1. The number of nitrogens with one attached hydrogen (secondary N) is 1. The molecule has 1 aliphatic heterocycles. The predicted molar refractivity (Wildman–Crippen MR) is 85.8 cm³/mol. The number of rotatable bonds is 4. The highest BCUT2D eigenvalue weighted by molar-refractivity contribution is 5.78. The highest BCUT2D eigenvalue weighted by Crippen LogP contribution is 2.31. The fourth-order valence-electron chi connectivity index (χ4n) is 2.62. The van der Waals surface area contributed by atoms with Gasteiger partial charge in [-0.05, 0) is 18.1 Å². The monoisotopic (exact) mass is 299 g/mol. The Balaban J connectivity index is 1.57. The van der Waals surface area contributed by atoms with E-state index in [0.717, 1.165) is 29.7 Å². The average Bonchev–Trinajstić information content (AvgIpc) is 2.93. The molecule has 0 fully saturated rings. The molecule has 3 N–H and O–H groups in total. The van der Waals surface area contributed by atoms with Gasteiger partial charge in [0.15, 0.2) is 5.96 Å². The van der Waals surface area contributed by atoms with Crippen LogP contribution >= 0.6 is 0 Å². The van der Waals surface area contributed by atoms with Crippen molar-refractivity contribution in [2.75, 3.05) is 13.2 Å². The number of fused-ring (bicyclic) bond motifs is 1. The molecule has 0 spiro atoms. The molecule has 1 unspecified atom stereocenters. The van der Waals surface area contributed by atoms with Crippen molar-refractivity contribution in [3.63, 3.8) is 0 Å².